The van der Waals surface area contributed by atoms with Crippen LogP contribution in [0.4, 0.5) is 5.69 Å². The lowest BCUT2D eigenvalue weighted by Gasteiger charge is -2.23. The van der Waals surface area contributed by atoms with E-state index in [1.807, 2.05) is 13.8 Å². The smallest absolute Gasteiger partial charge is 0.306 e. The number of hydrogen-bond donors (Lipinski definition) is 5. The minimum absolute atomic E-state index is 0.00522. The Kier molecular flexibility index (Phi) is 11.8. The van der Waals surface area contributed by atoms with Crippen LogP contribution in [0.1, 0.15) is 66.4 Å². The van der Waals surface area contributed by atoms with Gasteiger partial charge in [-0.25, -0.2) is 0 Å². The van der Waals surface area contributed by atoms with Gasteiger partial charge in [0.2, 0.25) is 17.7 Å². The van der Waals surface area contributed by atoms with Gasteiger partial charge < -0.3 is 31.5 Å². The zero-order chi connectivity index (χ0) is 26.8. The molecule has 35 heavy (non-hydrogen) atoms. The third kappa shape index (κ3) is 11.8. The number of carbonyl (C=O) groups is 4. The van der Waals surface area contributed by atoms with Gasteiger partial charge >= 0.3 is 5.97 Å². The van der Waals surface area contributed by atoms with Crippen molar-refractivity contribution in [2.45, 2.75) is 91.1 Å². The zero-order valence-electron chi connectivity index (χ0n) is 21.5. The maximum atomic E-state index is 12.9. The molecule has 10 heteroatoms. The van der Waals surface area contributed by atoms with Crippen LogP contribution in [0.5, 0.6) is 0 Å². The fraction of sp³-hybridized carbons (Fsp3) is 0.600. The Balaban J connectivity index is 2.88. The highest BCUT2D eigenvalue weighted by atomic mass is 16.6. The predicted octanol–water partition coefficient (Wildman–Crippen LogP) is 1.60. The van der Waals surface area contributed by atoms with Gasteiger partial charge in [0.15, 0.2) is 0 Å². The standard InChI is InChI=1S/C25H40N4O6/c1-15(2)13-19(26)23(33)27-16(3)22(32)29-20(11-12-21(31)35-25(4,5)6)24(34)28-18-9-7-17(14-30)8-10-18/h7-10,15-16,19-20,30H,11-14,26H2,1-6H3,(H,27,33)(H,28,34)(H,29,32)/t16-,19+,20-/m0/s1. The summed E-state index contributed by atoms with van der Waals surface area (Å²) in [5.74, 6) is -1.87. The first-order chi connectivity index (χ1) is 16.2. The molecule has 0 heterocycles. The van der Waals surface area contributed by atoms with E-state index in [-0.39, 0.29) is 25.4 Å². The van der Waals surface area contributed by atoms with Crippen LogP contribution in [0.3, 0.4) is 0 Å². The van der Waals surface area contributed by atoms with Gasteiger partial charge in [0.25, 0.3) is 0 Å². The monoisotopic (exact) mass is 492 g/mol. The summed E-state index contributed by atoms with van der Waals surface area (Å²) in [6.45, 7) is 10.5. The third-order valence-corrected chi connectivity index (χ3v) is 4.91. The summed E-state index contributed by atoms with van der Waals surface area (Å²) in [6.07, 6.45) is 0.365. The van der Waals surface area contributed by atoms with Crippen LogP contribution in [0, 0.1) is 5.92 Å². The minimum atomic E-state index is -1.06. The lowest BCUT2D eigenvalue weighted by Crippen LogP contribution is -2.54. The first-order valence-corrected chi connectivity index (χ1v) is 11.8. The number of nitrogens with one attached hydrogen (secondary N) is 3. The number of benzene rings is 1. The third-order valence-electron chi connectivity index (χ3n) is 4.91. The summed E-state index contributed by atoms with van der Waals surface area (Å²) in [4.78, 5) is 50.2. The Hall–Kier alpha value is -2.98. The van der Waals surface area contributed by atoms with Crippen molar-refractivity contribution in [2.75, 3.05) is 5.32 Å². The van der Waals surface area contributed by atoms with Crippen LogP contribution in [0.2, 0.25) is 0 Å². The molecule has 0 aliphatic rings. The number of aliphatic hydroxyl groups excluding tert-OH is 1. The Bertz CT molecular complexity index is 864. The fourth-order valence-electron chi connectivity index (χ4n) is 3.14. The first kappa shape index (κ1) is 30.1. The number of anilines is 1. The number of amides is 3. The van der Waals surface area contributed by atoms with Crippen molar-refractivity contribution in [3.63, 3.8) is 0 Å². The van der Waals surface area contributed by atoms with E-state index >= 15 is 0 Å². The molecule has 0 saturated carbocycles. The molecule has 3 amide bonds. The van der Waals surface area contributed by atoms with Crippen molar-refractivity contribution in [1.82, 2.24) is 10.6 Å². The van der Waals surface area contributed by atoms with E-state index in [0.29, 0.717) is 17.7 Å². The molecule has 196 valence electrons. The molecular weight excluding hydrogens is 452 g/mol. The Morgan fingerprint density at radius 1 is 0.971 bits per heavy atom. The Labute approximate surface area is 207 Å². The predicted molar refractivity (Wildman–Crippen MR) is 133 cm³/mol. The lowest BCUT2D eigenvalue weighted by atomic mass is 10.0. The normalized spacial score (nSPS) is 14.0. The van der Waals surface area contributed by atoms with Crippen molar-refractivity contribution in [3.05, 3.63) is 29.8 Å². The van der Waals surface area contributed by atoms with E-state index in [1.54, 1.807) is 45.0 Å². The van der Waals surface area contributed by atoms with Crippen LogP contribution in [-0.2, 0) is 30.5 Å². The van der Waals surface area contributed by atoms with Crippen molar-refractivity contribution in [3.8, 4) is 0 Å². The molecule has 10 nitrogen and oxygen atoms in total. The maximum Gasteiger partial charge on any atom is 0.306 e. The molecule has 0 aromatic heterocycles. The maximum absolute atomic E-state index is 12.9. The van der Waals surface area contributed by atoms with Crippen molar-refractivity contribution in [2.24, 2.45) is 11.7 Å². The molecule has 0 fully saturated rings. The molecular formula is C25H40N4O6. The van der Waals surface area contributed by atoms with Gasteiger partial charge in [-0.05, 0) is 64.2 Å². The lowest BCUT2D eigenvalue weighted by molar-refractivity contribution is -0.155. The van der Waals surface area contributed by atoms with Crippen molar-refractivity contribution < 1.29 is 29.0 Å². The molecule has 0 bridgehead atoms. The van der Waals surface area contributed by atoms with Crippen LogP contribution >= 0.6 is 0 Å². The van der Waals surface area contributed by atoms with E-state index in [0.717, 1.165) is 0 Å². The molecule has 0 aliphatic heterocycles. The number of rotatable bonds is 12. The molecule has 0 spiro atoms. The number of hydrogen-bond acceptors (Lipinski definition) is 7. The van der Waals surface area contributed by atoms with Gasteiger partial charge in [0.05, 0.1) is 12.6 Å². The van der Waals surface area contributed by atoms with Gasteiger partial charge in [0.1, 0.15) is 17.7 Å². The molecule has 1 aromatic carbocycles. The average Bonchev–Trinajstić information content (AvgIpc) is 2.75. The number of carbonyl (C=O) groups excluding carboxylic acids is 4. The van der Waals surface area contributed by atoms with Gasteiger partial charge in [-0.2, -0.15) is 0 Å². The summed E-state index contributed by atoms with van der Waals surface area (Å²) < 4.78 is 5.30. The summed E-state index contributed by atoms with van der Waals surface area (Å²) in [5.41, 5.74) is 6.34. The summed E-state index contributed by atoms with van der Waals surface area (Å²) in [6, 6.07) is 3.80. The Morgan fingerprint density at radius 3 is 2.09 bits per heavy atom. The molecule has 0 unspecified atom stereocenters. The largest absolute Gasteiger partial charge is 0.460 e. The highest BCUT2D eigenvalue weighted by Gasteiger charge is 2.27. The Morgan fingerprint density at radius 2 is 1.57 bits per heavy atom. The second-order valence-electron chi connectivity index (χ2n) is 10.00. The van der Waals surface area contributed by atoms with E-state index < -0.39 is 47.4 Å². The first-order valence-electron chi connectivity index (χ1n) is 11.8. The topological polar surface area (TPSA) is 160 Å². The highest BCUT2D eigenvalue weighted by Crippen LogP contribution is 2.13. The van der Waals surface area contributed by atoms with E-state index in [9.17, 15) is 24.3 Å². The molecule has 6 N–H and O–H groups in total. The van der Waals surface area contributed by atoms with E-state index in [1.165, 1.54) is 6.92 Å². The summed E-state index contributed by atoms with van der Waals surface area (Å²) >= 11 is 0. The minimum Gasteiger partial charge on any atom is -0.460 e. The number of aliphatic hydroxyl groups is 1. The van der Waals surface area contributed by atoms with Gasteiger partial charge in [0, 0.05) is 12.1 Å². The number of esters is 1. The average molecular weight is 493 g/mol. The number of nitrogens with two attached hydrogens (primary N) is 1. The van der Waals surface area contributed by atoms with Gasteiger partial charge in [-0.3, -0.25) is 19.2 Å². The molecule has 0 radical (unpaired) electrons. The fourth-order valence-corrected chi connectivity index (χ4v) is 3.14. The van der Waals surface area contributed by atoms with Gasteiger partial charge in [-0.1, -0.05) is 26.0 Å². The van der Waals surface area contributed by atoms with Crippen LogP contribution in [0.15, 0.2) is 24.3 Å². The van der Waals surface area contributed by atoms with Crippen LogP contribution in [0.25, 0.3) is 0 Å². The second-order valence-corrected chi connectivity index (χ2v) is 10.00. The van der Waals surface area contributed by atoms with Crippen LogP contribution in [-0.4, -0.2) is 52.5 Å². The molecule has 0 aliphatic carbocycles. The molecule has 1 aromatic rings. The van der Waals surface area contributed by atoms with Gasteiger partial charge in [-0.15, -0.1) is 0 Å². The second kappa shape index (κ2) is 13.8. The summed E-state index contributed by atoms with van der Waals surface area (Å²) in [7, 11) is 0. The van der Waals surface area contributed by atoms with E-state index in [2.05, 4.69) is 16.0 Å². The quantitative estimate of drug-likeness (QED) is 0.277. The zero-order valence-corrected chi connectivity index (χ0v) is 21.5. The molecule has 1 rings (SSSR count). The van der Waals surface area contributed by atoms with Crippen molar-refractivity contribution >= 4 is 29.4 Å². The van der Waals surface area contributed by atoms with Crippen LogP contribution < -0.4 is 21.7 Å². The number of ether oxygens (including phenoxy) is 1. The molecule has 0 saturated heterocycles. The van der Waals surface area contributed by atoms with Crippen molar-refractivity contribution in [1.29, 1.82) is 0 Å². The summed E-state index contributed by atoms with van der Waals surface area (Å²) in [5, 5.41) is 17.0. The molecule has 3 atom stereocenters. The van der Waals surface area contributed by atoms with E-state index in [4.69, 9.17) is 10.5 Å². The SMILES string of the molecule is CC(C)C[C@@H](N)C(=O)N[C@@H](C)C(=O)N[C@@H](CCC(=O)OC(C)(C)C)C(=O)Nc1ccc(CO)cc1. The highest BCUT2D eigenvalue weighted by molar-refractivity contribution is 5.98.